The van der Waals surface area contributed by atoms with Crippen molar-refractivity contribution in [2.75, 3.05) is 20.3 Å². The van der Waals surface area contributed by atoms with Crippen molar-refractivity contribution < 1.29 is 14.3 Å². The molecule has 0 bridgehead atoms. The Morgan fingerprint density at radius 3 is 2.28 bits per heavy atom. The summed E-state index contributed by atoms with van der Waals surface area (Å²) >= 11 is 0. The summed E-state index contributed by atoms with van der Waals surface area (Å²) in [5.41, 5.74) is 2.11. The molecule has 5 heteroatoms. The zero-order valence-electron chi connectivity index (χ0n) is 14.8. The highest BCUT2D eigenvalue weighted by molar-refractivity contribution is 5.94. The van der Waals surface area contributed by atoms with Crippen LogP contribution < -0.4 is 9.47 Å². The lowest BCUT2D eigenvalue weighted by atomic mass is 10.1. The zero-order valence-corrected chi connectivity index (χ0v) is 14.8. The van der Waals surface area contributed by atoms with Gasteiger partial charge in [-0.25, -0.2) is 0 Å². The van der Waals surface area contributed by atoms with Gasteiger partial charge in [0.15, 0.2) is 11.5 Å². The Morgan fingerprint density at radius 2 is 1.68 bits per heavy atom. The van der Waals surface area contributed by atoms with E-state index in [0.29, 0.717) is 42.4 Å². The van der Waals surface area contributed by atoms with Crippen LogP contribution in [0.5, 0.6) is 11.5 Å². The Balaban J connectivity index is 2.14. The Morgan fingerprint density at radius 1 is 1.04 bits per heavy atom. The van der Waals surface area contributed by atoms with Crippen LogP contribution in [0.3, 0.4) is 0 Å². The molecule has 130 valence electrons. The van der Waals surface area contributed by atoms with Crippen LogP contribution in [-0.4, -0.2) is 31.1 Å². The number of rotatable bonds is 7. The van der Waals surface area contributed by atoms with Crippen molar-refractivity contribution in [1.82, 2.24) is 4.90 Å². The van der Waals surface area contributed by atoms with E-state index in [1.807, 2.05) is 26.0 Å². The van der Waals surface area contributed by atoms with E-state index in [1.165, 1.54) is 0 Å². The van der Waals surface area contributed by atoms with Crippen molar-refractivity contribution >= 4 is 5.91 Å². The summed E-state index contributed by atoms with van der Waals surface area (Å²) in [6, 6.07) is 14.5. The number of nitrogens with zero attached hydrogens (tertiary/aromatic N) is 2. The highest BCUT2D eigenvalue weighted by atomic mass is 16.5. The number of carbonyl (C=O) groups excluding carboxylic acids is 1. The van der Waals surface area contributed by atoms with Crippen molar-refractivity contribution in [3.05, 3.63) is 59.2 Å². The maximum atomic E-state index is 12.7. The van der Waals surface area contributed by atoms with Crippen LogP contribution in [0, 0.1) is 11.3 Å². The van der Waals surface area contributed by atoms with E-state index in [-0.39, 0.29) is 5.91 Å². The fraction of sp³-hybridized carbons (Fsp3) is 0.300. The molecule has 0 aliphatic carbocycles. The second-order valence-corrected chi connectivity index (χ2v) is 5.50. The van der Waals surface area contributed by atoms with Gasteiger partial charge < -0.3 is 14.4 Å². The lowest BCUT2D eigenvalue weighted by Crippen LogP contribution is -2.26. The lowest BCUT2D eigenvalue weighted by molar-refractivity contribution is 0.0784. The third-order valence-electron chi connectivity index (χ3n) is 3.64. The van der Waals surface area contributed by atoms with Crippen LogP contribution in [-0.2, 0) is 6.54 Å². The molecule has 0 saturated carbocycles. The number of carbonyl (C=O) groups is 1. The molecule has 0 saturated heterocycles. The first kappa shape index (κ1) is 18.3. The first-order chi connectivity index (χ1) is 12.1. The number of hydrogen-bond acceptors (Lipinski definition) is 4. The van der Waals surface area contributed by atoms with Gasteiger partial charge in [0.2, 0.25) is 0 Å². The summed E-state index contributed by atoms with van der Waals surface area (Å²) in [7, 11) is 1.75. The predicted octanol–water partition coefficient (Wildman–Crippen LogP) is 3.63. The highest BCUT2D eigenvalue weighted by Gasteiger charge is 2.15. The van der Waals surface area contributed by atoms with Crippen LogP contribution in [0.2, 0.25) is 0 Å². The highest BCUT2D eigenvalue weighted by Crippen LogP contribution is 2.29. The molecule has 0 aliphatic rings. The van der Waals surface area contributed by atoms with Crippen molar-refractivity contribution in [2.45, 2.75) is 20.4 Å². The number of benzene rings is 2. The van der Waals surface area contributed by atoms with E-state index in [9.17, 15) is 4.79 Å². The zero-order chi connectivity index (χ0) is 18.2. The number of hydrogen-bond donors (Lipinski definition) is 0. The molecule has 0 unspecified atom stereocenters. The van der Waals surface area contributed by atoms with Crippen LogP contribution >= 0.6 is 0 Å². The minimum atomic E-state index is -0.103. The van der Waals surface area contributed by atoms with E-state index in [1.54, 1.807) is 42.3 Å². The first-order valence-electron chi connectivity index (χ1n) is 8.23. The van der Waals surface area contributed by atoms with Crippen molar-refractivity contribution in [1.29, 1.82) is 5.26 Å². The summed E-state index contributed by atoms with van der Waals surface area (Å²) in [4.78, 5) is 14.3. The van der Waals surface area contributed by atoms with E-state index >= 15 is 0 Å². The van der Waals surface area contributed by atoms with Gasteiger partial charge in [-0.3, -0.25) is 4.79 Å². The molecule has 0 spiro atoms. The lowest BCUT2D eigenvalue weighted by Gasteiger charge is -2.19. The van der Waals surface area contributed by atoms with Gasteiger partial charge in [-0.1, -0.05) is 12.1 Å². The van der Waals surface area contributed by atoms with Crippen molar-refractivity contribution in [3.63, 3.8) is 0 Å². The minimum Gasteiger partial charge on any atom is -0.490 e. The second kappa shape index (κ2) is 8.74. The van der Waals surface area contributed by atoms with E-state index in [2.05, 4.69) is 6.07 Å². The average Bonchev–Trinajstić information content (AvgIpc) is 2.63. The Bertz CT molecular complexity index is 764. The molecule has 0 heterocycles. The quantitative estimate of drug-likeness (QED) is 0.773. The fourth-order valence-electron chi connectivity index (χ4n) is 2.43. The molecular weight excluding hydrogens is 316 g/mol. The molecule has 0 aromatic heterocycles. The molecule has 0 radical (unpaired) electrons. The Kier molecular flexibility index (Phi) is 6.41. The molecule has 0 aliphatic heterocycles. The molecule has 25 heavy (non-hydrogen) atoms. The molecule has 5 nitrogen and oxygen atoms in total. The van der Waals surface area contributed by atoms with E-state index in [4.69, 9.17) is 14.7 Å². The van der Waals surface area contributed by atoms with Crippen LogP contribution in [0.25, 0.3) is 0 Å². The van der Waals surface area contributed by atoms with Crippen molar-refractivity contribution in [2.24, 2.45) is 0 Å². The SMILES string of the molecule is CCOc1ccc(C(=O)N(C)Cc2ccc(C#N)cc2)cc1OCC. The summed E-state index contributed by atoms with van der Waals surface area (Å²) in [5, 5.41) is 8.84. The third-order valence-corrected chi connectivity index (χ3v) is 3.64. The minimum absolute atomic E-state index is 0.103. The molecule has 2 rings (SSSR count). The van der Waals surface area contributed by atoms with Gasteiger partial charge >= 0.3 is 0 Å². The summed E-state index contributed by atoms with van der Waals surface area (Å²) in [6.07, 6.45) is 0. The Labute approximate surface area is 148 Å². The molecule has 2 aromatic carbocycles. The predicted molar refractivity (Wildman–Crippen MR) is 95.7 cm³/mol. The molecule has 2 aromatic rings. The summed E-state index contributed by atoms with van der Waals surface area (Å²) in [6.45, 7) is 5.29. The number of ether oxygens (including phenoxy) is 2. The number of amides is 1. The van der Waals surface area contributed by atoms with Gasteiger partial charge in [0.1, 0.15) is 0 Å². The Hall–Kier alpha value is -3.00. The smallest absolute Gasteiger partial charge is 0.254 e. The summed E-state index contributed by atoms with van der Waals surface area (Å²) < 4.78 is 11.1. The molecular formula is C20H22N2O3. The van der Waals surface area contributed by atoms with Gasteiger partial charge in [0.05, 0.1) is 24.8 Å². The fourth-order valence-corrected chi connectivity index (χ4v) is 2.43. The van der Waals surface area contributed by atoms with Gasteiger partial charge in [-0.2, -0.15) is 5.26 Å². The van der Waals surface area contributed by atoms with Gasteiger partial charge in [-0.15, -0.1) is 0 Å². The standard InChI is InChI=1S/C20H22N2O3/c1-4-24-18-11-10-17(12-19(18)25-5-2)20(23)22(3)14-16-8-6-15(13-21)7-9-16/h6-12H,4-5,14H2,1-3H3. The summed E-state index contributed by atoms with van der Waals surface area (Å²) in [5.74, 6) is 1.10. The monoisotopic (exact) mass is 338 g/mol. The maximum absolute atomic E-state index is 12.7. The molecule has 0 atom stereocenters. The van der Waals surface area contributed by atoms with Gasteiger partial charge in [-0.05, 0) is 49.7 Å². The van der Waals surface area contributed by atoms with E-state index in [0.717, 1.165) is 5.56 Å². The third kappa shape index (κ3) is 4.74. The topological polar surface area (TPSA) is 62.6 Å². The average molecular weight is 338 g/mol. The molecule has 0 fully saturated rings. The normalized spacial score (nSPS) is 10.0. The van der Waals surface area contributed by atoms with Gasteiger partial charge in [0, 0.05) is 19.2 Å². The van der Waals surface area contributed by atoms with E-state index < -0.39 is 0 Å². The maximum Gasteiger partial charge on any atom is 0.254 e. The first-order valence-corrected chi connectivity index (χ1v) is 8.23. The number of nitriles is 1. The molecule has 0 N–H and O–H groups in total. The van der Waals surface area contributed by atoms with Gasteiger partial charge in [0.25, 0.3) is 5.91 Å². The second-order valence-electron chi connectivity index (χ2n) is 5.50. The van der Waals surface area contributed by atoms with Crippen molar-refractivity contribution in [3.8, 4) is 17.6 Å². The van der Waals surface area contributed by atoms with Crippen LogP contribution in [0.4, 0.5) is 0 Å². The van der Waals surface area contributed by atoms with Crippen LogP contribution in [0.1, 0.15) is 35.3 Å². The van der Waals surface area contributed by atoms with Crippen LogP contribution in [0.15, 0.2) is 42.5 Å². The largest absolute Gasteiger partial charge is 0.490 e. The molecule has 1 amide bonds.